The average Bonchev–Trinajstić information content (AvgIpc) is 2.56. The summed E-state index contributed by atoms with van der Waals surface area (Å²) in [7, 11) is 3.40. The van der Waals surface area contributed by atoms with E-state index < -0.39 is 0 Å². The van der Waals surface area contributed by atoms with Gasteiger partial charge in [0.15, 0.2) is 0 Å². The minimum absolute atomic E-state index is 0.166. The number of hydrogen-bond acceptors (Lipinski definition) is 4. The van der Waals surface area contributed by atoms with Gasteiger partial charge in [0.2, 0.25) is 0 Å². The van der Waals surface area contributed by atoms with Crippen molar-refractivity contribution in [2.75, 3.05) is 24.4 Å². The summed E-state index contributed by atoms with van der Waals surface area (Å²) in [4.78, 5) is 22.6. The van der Waals surface area contributed by atoms with Crippen LogP contribution < -0.4 is 10.2 Å². The summed E-state index contributed by atoms with van der Waals surface area (Å²) in [5.74, 6) is 0.566. The number of rotatable bonds is 4. The van der Waals surface area contributed by atoms with Crippen molar-refractivity contribution in [3.05, 3.63) is 54.4 Å². The maximum atomic E-state index is 12.0. The zero-order valence-corrected chi connectivity index (χ0v) is 12.8. The van der Waals surface area contributed by atoms with E-state index in [2.05, 4.69) is 15.5 Å². The van der Waals surface area contributed by atoms with Crippen LogP contribution in [0.2, 0.25) is 0 Å². The molecule has 0 saturated carbocycles. The summed E-state index contributed by atoms with van der Waals surface area (Å²) >= 11 is 0. The Bertz CT molecular complexity index is 654. The van der Waals surface area contributed by atoms with E-state index in [1.165, 1.54) is 7.11 Å². The van der Waals surface area contributed by atoms with Gasteiger partial charge in [-0.1, -0.05) is 5.16 Å². The van der Waals surface area contributed by atoms with Crippen LogP contribution in [0.3, 0.4) is 0 Å². The number of nitrogens with one attached hydrogen (secondary N) is 1. The number of pyridine rings is 1. The summed E-state index contributed by atoms with van der Waals surface area (Å²) < 4.78 is 0. The van der Waals surface area contributed by atoms with Crippen LogP contribution in [0.4, 0.5) is 11.4 Å². The Morgan fingerprint density at radius 3 is 2.41 bits per heavy atom. The minimum Gasteiger partial charge on any atom is -0.398 e. The van der Waals surface area contributed by atoms with Gasteiger partial charge >= 0.3 is 0 Å². The van der Waals surface area contributed by atoms with Crippen LogP contribution >= 0.6 is 0 Å². The van der Waals surface area contributed by atoms with Crippen LogP contribution in [0.5, 0.6) is 0 Å². The Kier molecular flexibility index (Phi) is 5.08. The molecule has 1 heterocycles. The van der Waals surface area contributed by atoms with Gasteiger partial charge in [0, 0.05) is 36.4 Å². The van der Waals surface area contributed by atoms with Crippen molar-refractivity contribution >= 4 is 23.1 Å². The highest BCUT2D eigenvalue weighted by molar-refractivity contribution is 6.04. The molecule has 1 N–H and O–H groups in total. The maximum absolute atomic E-state index is 12.0. The number of carbonyl (C=O) groups is 1. The van der Waals surface area contributed by atoms with E-state index in [1.807, 2.05) is 43.1 Å². The van der Waals surface area contributed by atoms with E-state index in [-0.39, 0.29) is 5.91 Å². The molecule has 114 valence electrons. The molecule has 0 aliphatic rings. The molecule has 2 rings (SSSR count). The van der Waals surface area contributed by atoms with E-state index in [9.17, 15) is 4.79 Å². The summed E-state index contributed by atoms with van der Waals surface area (Å²) in [6.45, 7) is 1.85. The van der Waals surface area contributed by atoms with Gasteiger partial charge in [0.25, 0.3) is 5.91 Å². The molecule has 6 heteroatoms. The number of amides is 1. The molecular formula is C16H18N4O2. The van der Waals surface area contributed by atoms with E-state index in [1.54, 1.807) is 24.5 Å². The molecule has 0 atom stereocenters. The number of nitrogens with zero attached hydrogens (tertiary/aromatic N) is 3. The van der Waals surface area contributed by atoms with Gasteiger partial charge in [0.1, 0.15) is 12.9 Å². The van der Waals surface area contributed by atoms with E-state index >= 15 is 0 Å². The Labute approximate surface area is 129 Å². The van der Waals surface area contributed by atoms with Crippen molar-refractivity contribution < 1.29 is 9.63 Å². The lowest BCUT2D eigenvalue weighted by Gasteiger charge is -2.18. The fourth-order valence-corrected chi connectivity index (χ4v) is 1.86. The largest absolute Gasteiger partial charge is 0.398 e. The second kappa shape index (κ2) is 7.21. The second-order valence-electron chi connectivity index (χ2n) is 4.62. The number of hydrogen-bond donors (Lipinski definition) is 1. The third-order valence-corrected chi connectivity index (χ3v) is 3.16. The molecule has 6 nitrogen and oxygen atoms in total. The highest BCUT2D eigenvalue weighted by atomic mass is 16.6. The zero-order valence-electron chi connectivity index (χ0n) is 12.8. The molecule has 0 aliphatic heterocycles. The fraction of sp³-hybridized carbons (Fsp3) is 0.188. The van der Waals surface area contributed by atoms with Crippen LogP contribution in [0.1, 0.15) is 17.3 Å². The predicted octanol–water partition coefficient (Wildman–Crippen LogP) is 2.75. The molecule has 0 fully saturated rings. The Morgan fingerprint density at radius 2 is 1.82 bits per heavy atom. The highest BCUT2D eigenvalue weighted by Gasteiger charge is 2.07. The lowest BCUT2D eigenvalue weighted by Crippen LogP contribution is -2.23. The Hall–Kier alpha value is -2.89. The van der Waals surface area contributed by atoms with Crippen molar-refractivity contribution in [1.82, 2.24) is 4.98 Å². The van der Waals surface area contributed by atoms with Crippen LogP contribution in [-0.4, -0.2) is 30.9 Å². The van der Waals surface area contributed by atoms with Crippen molar-refractivity contribution in [2.24, 2.45) is 5.16 Å². The van der Waals surface area contributed by atoms with Gasteiger partial charge in [-0.3, -0.25) is 9.78 Å². The van der Waals surface area contributed by atoms with Crippen LogP contribution in [0.25, 0.3) is 0 Å². The molecule has 0 aliphatic carbocycles. The van der Waals surface area contributed by atoms with Gasteiger partial charge in [-0.05, 0) is 43.3 Å². The summed E-state index contributed by atoms with van der Waals surface area (Å²) in [6, 6.07) is 10.8. The highest BCUT2D eigenvalue weighted by Crippen LogP contribution is 2.18. The summed E-state index contributed by atoms with van der Waals surface area (Å²) in [5.41, 5.74) is 2.24. The topological polar surface area (TPSA) is 66.8 Å². The summed E-state index contributed by atoms with van der Waals surface area (Å²) in [5, 5.41) is 6.72. The van der Waals surface area contributed by atoms with Crippen LogP contribution in [0, 0.1) is 0 Å². The number of oxime groups is 1. The Balaban J connectivity index is 2.06. The first kappa shape index (κ1) is 15.5. The third-order valence-electron chi connectivity index (χ3n) is 3.16. The predicted molar refractivity (Wildman–Crippen MR) is 87.2 cm³/mol. The quantitative estimate of drug-likeness (QED) is 0.535. The van der Waals surface area contributed by atoms with Crippen molar-refractivity contribution in [3.63, 3.8) is 0 Å². The number of anilines is 2. The van der Waals surface area contributed by atoms with Crippen LogP contribution in [-0.2, 0) is 4.84 Å². The normalized spacial score (nSPS) is 11.0. The van der Waals surface area contributed by atoms with Crippen molar-refractivity contribution in [2.45, 2.75) is 6.92 Å². The zero-order chi connectivity index (χ0) is 15.9. The smallest absolute Gasteiger partial charge is 0.255 e. The van der Waals surface area contributed by atoms with Gasteiger partial charge in [-0.15, -0.1) is 0 Å². The van der Waals surface area contributed by atoms with Crippen molar-refractivity contribution in [3.8, 4) is 0 Å². The second-order valence-corrected chi connectivity index (χ2v) is 4.62. The monoisotopic (exact) mass is 298 g/mol. The van der Waals surface area contributed by atoms with Gasteiger partial charge in [-0.2, -0.15) is 0 Å². The first-order valence-electron chi connectivity index (χ1n) is 6.74. The fourth-order valence-electron chi connectivity index (χ4n) is 1.86. The number of aromatic nitrogens is 1. The first-order chi connectivity index (χ1) is 10.6. The molecule has 1 aromatic carbocycles. The molecule has 0 saturated heterocycles. The molecule has 1 amide bonds. The first-order valence-corrected chi connectivity index (χ1v) is 6.74. The third kappa shape index (κ3) is 3.82. The van der Waals surface area contributed by atoms with Gasteiger partial charge in [0.05, 0.1) is 0 Å². The van der Waals surface area contributed by atoms with Gasteiger partial charge in [-0.25, -0.2) is 0 Å². The molecule has 0 radical (unpaired) electrons. The number of carbonyl (C=O) groups excluding carboxylic acids is 1. The minimum atomic E-state index is -0.166. The van der Waals surface area contributed by atoms with E-state index in [0.29, 0.717) is 5.56 Å². The van der Waals surface area contributed by atoms with Gasteiger partial charge < -0.3 is 15.1 Å². The Morgan fingerprint density at radius 1 is 1.18 bits per heavy atom. The van der Waals surface area contributed by atoms with E-state index in [0.717, 1.165) is 17.2 Å². The molecule has 0 bridgehead atoms. The van der Waals surface area contributed by atoms with Crippen LogP contribution in [0.15, 0.2) is 53.9 Å². The lowest BCUT2D eigenvalue weighted by molar-refractivity contribution is 0.102. The molecule has 0 spiro atoms. The average molecular weight is 298 g/mol. The van der Waals surface area contributed by atoms with E-state index in [4.69, 9.17) is 4.84 Å². The van der Waals surface area contributed by atoms with Crippen molar-refractivity contribution in [1.29, 1.82) is 0 Å². The molecule has 2 aromatic rings. The number of amidine groups is 1. The molecule has 1 aromatic heterocycles. The summed E-state index contributed by atoms with van der Waals surface area (Å²) in [6.07, 6.45) is 3.18. The standard InChI is InChI=1S/C16H18N4O2/c1-12(19-22-3)20(2)15-6-4-14(5-7-15)18-16(21)13-8-10-17-11-9-13/h4-11H,1-3H3,(H,18,21). The molecule has 0 unspecified atom stereocenters. The molecular weight excluding hydrogens is 280 g/mol. The SMILES string of the molecule is CON=C(C)N(C)c1ccc(NC(=O)c2ccncc2)cc1. The number of benzene rings is 1. The molecule has 22 heavy (non-hydrogen) atoms. The lowest BCUT2D eigenvalue weighted by atomic mass is 10.2. The maximum Gasteiger partial charge on any atom is 0.255 e.